The number of carbonyl (C=O) groups excluding carboxylic acids is 2. The van der Waals surface area contributed by atoms with Gasteiger partial charge in [0.05, 0.1) is 14.2 Å². The number of ether oxygens (including phenoxy) is 3. The minimum Gasteiger partial charge on any atom is -0.508 e. The van der Waals surface area contributed by atoms with Gasteiger partial charge in [-0.15, -0.1) is 0 Å². The van der Waals surface area contributed by atoms with Gasteiger partial charge in [-0.25, -0.2) is 0 Å². The molecule has 2 aromatic rings. The Morgan fingerprint density at radius 1 is 0.829 bits per heavy atom. The molecule has 0 spiro atoms. The highest BCUT2D eigenvalue weighted by atomic mass is 16.6. The molecule has 2 aromatic carbocycles. The van der Waals surface area contributed by atoms with Gasteiger partial charge in [-0.2, -0.15) is 0 Å². The highest BCUT2D eigenvalue weighted by molar-refractivity contribution is 6.02. The predicted octanol–water partition coefficient (Wildman–Crippen LogP) is 4.31. The van der Waals surface area contributed by atoms with Crippen LogP contribution in [0.25, 0.3) is 12.2 Å². The molecular weight excluding hydrogens is 456 g/mol. The predicted molar refractivity (Wildman–Crippen MR) is 129 cm³/mol. The lowest BCUT2D eigenvalue weighted by atomic mass is 10.1. The van der Waals surface area contributed by atoms with E-state index in [9.17, 15) is 24.6 Å². The van der Waals surface area contributed by atoms with Crippen molar-refractivity contribution in [2.24, 2.45) is 0 Å². The first-order chi connectivity index (χ1) is 16.7. The molecule has 0 aliphatic carbocycles. The standard InChI is InChI=1S/C26H26O9/c1-33-23-14-17(8-12-21(23)29)6-10-19(27)16-20(28)11-7-18-9-13-22(24(15-18)34-2)35-26(32)5-3-4-25(30)31/h6-16,28-29H,3-5H2,1-2H3,(H,30,31)/b10-6+,11-7+,20-16?. The van der Waals surface area contributed by atoms with Crippen LogP contribution in [-0.4, -0.2) is 47.3 Å². The zero-order chi connectivity index (χ0) is 25.8. The maximum Gasteiger partial charge on any atom is 0.311 e. The van der Waals surface area contributed by atoms with Gasteiger partial charge in [0.2, 0.25) is 0 Å². The zero-order valence-electron chi connectivity index (χ0n) is 19.3. The number of carboxylic acids is 1. The molecule has 0 aliphatic heterocycles. The number of carbonyl (C=O) groups is 3. The number of benzene rings is 2. The summed E-state index contributed by atoms with van der Waals surface area (Å²) >= 11 is 0. The van der Waals surface area contributed by atoms with E-state index in [4.69, 9.17) is 19.3 Å². The van der Waals surface area contributed by atoms with Crippen molar-refractivity contribution in [2.75, 3.05) is 14.2 Å². The molecule has 35 heavy (non-hydrogen) atoms. The fourth-order valence-electron chi connectivity index (χ4n) is 2.83. The van der Waals surface area contributed by atoms with Crippen molar-refractivity contribution in [1.29, 1.82) is 0 Å². The summed E-state index contributed by atoms with van der Waals surface area (Å²) in [6, 6.07) is 9.31. The van der Waals surface area contributed by atoms with Crippen LogP contribution in [0.4, 0.5) is 0 Å². The maximum atomic E-state index is 12.1. The smallest absolute Gasteiger partial charge is 0.311 e. The third kappa shape index (κ3) is 9.09. The Labute approximate surface area is 202 Å². The SMILES string of the molecule is COc1cc(/C=C/C(=O)C=C(O)/C=C/c2ccc(OC(=O)CCCC(=O)O)c(OC)c2)ccc1O. The van der Waals surface area contributed by atoms with E-state index in [1.54, 1.807) is 24.3 Å². The molecular formula is C26H26O9. The molecule has 2 rings (SSSR count). The average molecular weight is 482 g/mol. The van der Waals surface area contributed by atoms with Gasteiger partial charge < -0.3 is 29.5 Å². The topological polar surface area (TPSA) is 140 Å². The average Bonchev–Trinajstić information content (AvgIpc) is 2.82. The molecule has 184 valence electrons. The van der Waals surface area contributed by atoms with Crippen molar-refractivity contribution >= 4 is 29.9 Å². The van der Waals surface area contributed by atoms with E-state index in [0.29, 0.717) is 11.1 Å². The Bertz CT molecular complexity index is 1160. The van der Waals surface area contributed by atoms with Crippen molar-refractivity contribution < 1.29 is 43.9 Å². The van der Waals surface area contributed by atoms with E-state index in [-0.39, 0.29) is 48.0 Å². The van der Waals surface area contributed by atoms with Crippen molar-refractivity contribution in [2.45, 2.75) is 19.3 Å². The molecule has 0 saturated heterocycles. The minimum absolute atomic E-state index is 0.0165. The number of aliphatic hydroxyl groups is 1. The first-order valence-electron chi connectivity index (χ1n) is 10.5. The minimum atomic E-state index is -0.987. The second kappa shape index (κ2) is 13.2. The van der Waals surface area contributed by atoms with Crippen molar-refractivity contribution in [1.82, 2.24) is 0 Å². The Kier molecular flexibility index (Phi) is 10.1. The van der Waals surface area contributed by atoms with Gasteiger partial charge in [0.1, 0.15) is 5.76 Å². The van der Waals surface area contributed by atoms with E-state index in [1.807, 2.05) is 0 Å². The van der Waals surface area contributed by atoms with Crippen molar-refractivity contribution in [3.63, 3.8) is 0 Å². The van der Waals surface area contributed by atoms with E-state index in [1.165, 1.54) is 50.7 Å². The molecule has 0 unspecified atom stereocenters. The number of phenols is 1. The number of hydrogen-bond donors (Lipinski definition) is 3. The van der Waals surface area contributed by atoms with Crippen LogP contribution in [0.1, 0.15) is 30.4 Å². The molecule has 0 amide bonds. The number of aromatic hydroxyl groups is 1. The van der Waals surface area contributed by atoms with E-state index in [2.05, 4.69) is 0 Å². The molecule has 0 bridgehead atoms. The highest BCUT2D eigenvalue weighted by Gasteiger charge is 2.11. The third-order valence-corrected chi connectivity index (χ3v) is 4.56. The second-order valence-electron chi connectivity index (χ2n) is 7.20. The summed E-state index contributed by atoms with van der Waals surface area (Å²) in [5, 5.41) is 28.3. The molecule has 0 radical (unpaired) electrons. The van der Waals surface area contributed by atoms with Gasteiger partial charge in [0, 0.05) is 18.9 Å². The van der Waals surface area contributed by atoms with Crippen LogP contribution >= 0.6 is 0 Å². The molecule has 0 saturated carbocycles. The second-order valence-corrected chi connectivity index (χ2v) is 7.20. The lowest BCUT2D eigenvalue weighted by Crippen LogP contribution is -2.09. The van der Waals surface area contributed by atoms with Gasteiger partial charge in [-0.1, -0.05) is 24.3 Å². The van der Waals surface area contributed by atoms with E-state index < -0.39 is 17.7 Å². The summed E-state index contributed by atoms with van der Waals surface area (Å²) in [4.78, 5) is 34.5. The number of esters is 1. The number of aliphatic carboxylic acids is 1. The number of phenolic OH excluding ortho intramolecular Hbond substituents is 1. The third-order valence-electron chi connectivity index (χ3n) is 4.56. The summed E-state index contributed by atoms with van der Waals surface area (Å²) in [6.07, 6.45) is 6.67. The Morgan fingerprint density at radius 2 is 1.46 bits per heavy atom. The molecule has 0 fully saturated rings. The number of aliphatic hydroxyl groups excluding tert-OH is 1. The fraction of sp³-hybridized carbons (Fsp3) is 0.192. The van der Waals surface area contributed by atoms with Gasteiger partial charge >= 0.3 is 11.9 Å². The Morgan fingerprint density at radius 3 is 2.11 bits per heavy atom. The van der Waals surface area contributed by atoms with Gasteiger partial charge in [-0.05, 0) is 54.0 Å². The van der Waals surface area contributed by atoms with Crippen LogP contribution in [0.3, 0.4) is 0 Å². The first-order valence-corrected chi connectivity index (χ1v) is 10.5. The molecule has 9 nitrogen and oxygen atoms in total. The summed E-state index contributed by atoms with van der Waals surface area (Å²) in [6.45, 7) is 0. The molecule has 0 atom stereocenters. The van der Waals surface area contributed by atoms with Crippen LogP contribution in [0, 0.1) is 0 Å². The lowest BCUT2D eigenvalue weighted by molar-refractivity contribution is -0.137. The van der Waals surface area contributed by atoms with Crippen molar-refractivity contribution in [3.05, 3.63) is 71.5 Å². The number of allylic oxidation sites excluding steroid dienone is 3. The van der Waals surface area contributed by atoms with Crippen LogP contribution < -0.4 is 14.2 Å². The molecule has 3 N–H and O–H groups in total. The monoisotopic (exact) mass is 482 g/mol. The Balaban J connectivity index is 2.01. The van der Waals surface area contributed by atoms with Gasteiger partial charge in [-0.3, -0.25) is 14.4 Å². The van der Waals surface area contributed by atoms with Crippen LogP contribution in [0.15, 0.2) is 60.4 Å². The summed E-state index contributed by atoms with van der Waals surface area (Å²) in [5.74, 6) is -1.60. The summed E-state index contributed by atoms with van der Waals surface area (Å²) < 4.78 is 15.5. The van der Waals surface area contributed by atoms with Gasteiger partial charge in [0.15, 0.2) is 28.8 Å². The van der Waals surface area contributed by atoms with Crippen LogP contribution in [-0.2, 0) is 14.4 Å². The normalized spacial score (nSPS) is 11.5. The van der Waals surface area contributed by atoms with Crippen LogP contribution in [0.5, 0.6) is 23.0 Å². The zero-order valence-corrected chi connectivity index (χ0v) is 19.3. The Hall–Kier alpha value is -4.53. The molecule has 0 heterocycles. The summed E-state index contributed by atoms with van der Waals surface area (Å²) in [5.41, 5.74) is 1.23. The molecule has 0 aromatic heterocycles. The highest BCUT2D eigenvalue weighted by Crippen LogP contribution is 2.29. The number of rotatable bonds is 12. The van der Waals surface area contributed by atoms with E-state index >= 15 is 0 Å². The quantitative estimate of drug-likeness (QED) is 0.133. The summed E-state index contributed by atoms with van der Waals surface area (Å²) in [7, 11) is 2.82. The van der Waals surface area contributed by atoms with Crippen LogP contribution in [0.2, 0.25) is 0 Å². The number of carboxylic acid groups (broad SMARTS) is 1. The molecule has 9 heteroatoms. The number of hydrogen-bond acceptors (Lipinski definition) is 8. The largest absolute Gasteiger partial charge is 0.508 e. The maximum absolute atomic E-state index is 12.1. The van der Waals surface area contributed by atoms with E-state index in [0.717, 1.165) is 6.08 Å². The first kappa shape index (κ1) is 26.7. The van der Waals surface area contributed by atoms with Gasteiger partial charge in [0.25, 0.3) is 0 Å². The lowest BCUT2D eigenvalue weighted by Gasteiger charge is -2.09. The number of methoxy groups -OCH3 is 2. The van der Waals surface area contributed by atoms with Crippen molar-refractivity contribution in [3.8, 4) is 23.0 Å². The fourth-order valence-corrected chi connectivity index (χ4v) is 2.83. The molecule has 0 aliphatic rings. The number of ketones is 1.